The van der Waals surface area contributed by atoms with Crippen molar-refractivity contribution in [2.45, 2.75) is 51.3 Å². The van der Waals surface area contributed by atoms with Crippen LogP contribution in [0.2, 0.25) is 0 Å². The largest absolute Gasteiger partial charge is 0.481 e. The number of carbonyl (C=O) groups is 1. The molecule has 1 aliphatic rings. The lowest BCUT2D eigenvalue weighted by molar-refractivity contribution is -0.137. The number of alkyl halides is 3. The Bertz CT molecular complexity index is 1540. The number of hydrogen-bond donors (Lipinski definition) is 1. The van der Waals surface area contributed by atoms with Gasteiger partial charge in [0, 0.05) is 42.3 Å². The first-order valence-corrected chi connectivity index (χ1v) is 13.2. The molecule has 9 nitrogen and oxygen atoms in total. The number of halogens is 3. The summed E-state index contributed by atoms with van der Waals surface area (Å²) in [6, 6.07) is 12.3. The van der Waals surface area contributed by atoms with E-state index >= 15 is 0 Å². The van der Waals surface area contributed by atoms with Gasteiger partial charge in [0.2, 0.25) is 11.8 Å². The minimum absolute atomic E-state index is 0.0520. The van der Waals surface area contributed by atoms with Crippen LogP contribution >= 0.6 is 0 Å². The topological polar surface area (TPSA) is 93.9 Å². The molecule has 3 aromatic heterocycles. The normalized spacial score (nSPS) is 14.8. The van der Waals surface area contributed by atoms with Crippen molar-refractivity contribution in [3.63, 3.8) is 0 Å². The number of benzene rings is 1. The highest BCUT2D eigenvalue weighted by Crippen LogP contribution is 2.37. The first-order chi connectivity index (χ1) is 19.4. The van der Waals surface area contributed by atoms with E-state index in [2.05, 4.69) is 20.4 Å². The molecule has 1 fully saturated rings. The van der Waals surface area contributed by atoms with Crippen molar-refractivity contribution in [2.24, 2.45) is 0 Å². The second-order valence-electron chi connectivity index (χ2n) is 10.9. The fourth-order valence-corrected chi connectivity index (χ4v) is 4.82. The summed E-state index contributed by atoms with van der Waals surface area (Å²) in [5, 5.41) is 7.62. The number of nitrogens with one attached hydrogen (secondary N) is 1. The Morgan fingerprint density at radius 1 is 1.05 bits per heavy atom. The molecule has 1 aliphatic heterocycles. The van der Waals surface area contributed by atoms with Crippen LogP contribution in [0.5, 0.6) is 5.88 Å². The van der Waals surface area contributed by atoms with Gasteiger partial charge >= 0.3 is 12.3 Å². The number of aromatic nitrogens is 4. The fourth-order valence-electron chi connectivity index (χ4n) is 4.82. The van der Waals surface area contributed by atoms with Gasteiger partial charge in [0.05, 0.1) is 12.7 Å². The van der Waals surface area contributed by atoms with Crippen molar-refractivity contribution in [1.29, 1.82) is 0 Å². The lowest BCUT2D eigenvalue weighted by atomic mass is 9.89. The molecule has 0 aliphatic carbocycles. The quantitative estimate of drug-likeness (QED) is 0.287. The summed E-state index contributed by atoms with van der Waals surface area (Å²) >= 11 is 0. The van der Waals surface area contributed by atoms with Gasteiger partial charge in [-0.15, -0.1) is 5.10 Å². The second-order valence-corrected chi connectivity index (χ2v) is 10.9. The molecule has 0 atom stereocenters. The lowest BCUT2D eigenvalue weighted by Crippen LogP contribution is -2.41. The second kappa shape index (κ2) is 10.9. The molecular weight excluding hydrogens is 537 g/mol. The van der Waals surface area contributed by atoms with Crippen molar-refractivity contribution in [3.05, 3.63) is 66.0 Å². The van der Waals surface area contributed by atoms with E-state index in [1.807, 2.05) is 45.0 Å². The van der Waals surface area contributed by atoms with E-state index in [0.717, 1.165) is 30.8 Å². The Morgan fingerprint density at radius 2 is 1.76 bits per heavy atom. The monoisotopic (exact) mass is 568 g/mol. The Balaban J connectivity index is 1.30. The molecule has 0 unspecified atom stereocenters. The van der Waals surface area contributed by atoms with Gasteiger partial charge in [-0.1, -0.05) is 12.1 Å². The molecular formula is C29H31F3N6O3. The van der Waals surface area contributed by atoms with Crippen LogP contribution in [0, 0.1) is 0 Å². The summed E-state index contributed by atoms with van der Waals surface area (Å²) in [5.74, 6) is 0.667. The SMILES string of the molecule is COc1ncc(C(F)(F)F)cc1-c1cccn2nc(Nc3ccc(C4CCN(C(=O)OC(C)(C)C)CC4)cc3)nc12. The van der Waals surface area contributed by atoms with Crippen molar-refractivity contribution in [1.82, 2.24) is 24.5 Å². The number of fused-ring (bicyclic) bond motifs is 1. The van der Waals surface area contributed by atoms with Gasteiger partial charge in [-0.05, 0) is 75.4 Å². The first-order valence-electron chi connectivity index (χ1n) is 13.2. The van der Waals surface area contributed by atoms with Gasteiger partial charge in [0.25, 0.3) is 0 Å². The van der Waals surface area contributed by atoms with E-state index in [1.54, 1.807) is 23.2 Å². The highest BCUT2D eigenvalue weighted by molar-refractivity contribution is 5.81. The average Bonchev–Trinajstić information content (AvgIpc) is 3.34. The summed E-state index contributed by atoms with van der Waals surface area (Å²) in [4.78, 5) is 22.5. The molecule has 12 heteroatoms. The zero-order chi connectivity index (χ0) is 29.4. The maximum Gasteiger partial charge on any atom is 0.417 e. The van der Waals surface area contributed by atoms with Crippen LogP contribution in [0.15, 0.2) is 54.9 Å². The number of rotatable bonds is 5. The van der Waals surface area contributed by atoms with Gasteiger partial charge in [0.15, 0.2) is 5.65 Å². The Hall–Kier alpha value is -4.35. The molecule has 1 N–H and O–H groups in total. The van der Waals surface area contributed by atoms with Gasteiger partial charge in [-0.3, -0.25) is 0 Å². The van der Waals surface area contributed by atoms with E-state index < -0.39 is 17.3 Å². The number of likely N-dealkylation sites (tertiary alicyclic amines) is 1. The predicted octanol–water partition coefficient (Wildman–Crippen LogP) is 6.68. The third-order valence-corrected chi connectivity index (χ3v) is 6.81. The third kappa shape index (κ3) is 6.36. The molecule has 0 bridgehead atoms. The molecule has 4 aromatic rings. The van der Waals surface area contributed by atoms with Crippen LogP contribution in [-0.2, 0) is 10.9 Å². The molecule has 0 saturated carbocycles. The van der Waals surface area contributed by atoms with Gasteiger partial charge < -0.3 is 19.7 Å². The zero-order valence-electron chi connectivity index (χ0n) is 23.2. The van der Waals surface area contributed by atoms with E-state index in [4.69, 9.17) is 9.47 Å². The fraction of sp³-hybridized carbons (Fsp3) is 0.379. The van der Waals surface area contributed by atoms with Crippen LogP contribution < -0.4 is 10.1 Å². The number of amides is 1. The number of anilines is 2. The molecule has 1 aromatic carbocycles. The molecule has 0 spiro atoms. The minimum atomic E-state index is -4.55. The highest BCUT2D eigenvalue weighted by Gasteiger charge is 2.32. The van der Waals surface area contributed by atoms with E-state index in [9.17, 15) is 18.0 Å². The van der Waals surface area contributed by atoms with Crippen molar-refractivity contribution in [2.75, 3.05) is 25.5 Å². The number of pyridine rings is 2. The minimum Gasteiger partial charge on any atom is -0.481 e. The van der Waals surface area contributed by atoms with E-state index in [1.165, 1.54) is 17.2 Å². The van der Waals surface area contributed by atoms with E-state index in [0.29, 0.717) is 30.2 Å². The van der Waals surface area contributed by atoms with Crippen molar-refractivity contribution >= 4 is 23.4 Å². The maximum atomic E-state index is 13.4. The molecule has 1 amide bonds. The average molecular weight is 569 g/mol. The first kappa shape index (κ1) is 28.2. The standard InChI is InChI=1S/C29H31F3N6O3/c1-28(2,3)41-27(39)37-14-11-19(12-15-37)18-7-9-21(10-8-18)34-26-35-24-22(6-5-13-38(24)36-26)23-16-20(29(30,31)32)17-33-25(23)40-4/h5-10,13,16-17,19H,11-12,14-15H2,1-4H3,(H,34,36). The lowest BCUT2D eigenvalue weighted by Gasteiger charge is -2.33. The number of hydrogen-bond acceptors (Lipinski definition) is 7. The van der Waals surface area contributed by atoms with Crippen molar-refractivity contribution in [3.8, 4) is 17.0 Å². The Kier molecular flexibility index (Phi) is 7.50. The van der Waals surface area contributed by atoms with E-state index in [-0.39, 0.29) is 23.5 Å². The van der Waals surface area contributed by atoms with Crippen LogP contribution in [0.1, 0.15) is 50.7 Å². The molecule has 1 saturated heterocycles. The summed E-state index contributed by atoms with van der Waals surface area (Å²) in [7, 11) is 1.35. The summed E-state index contributed by atoms with van der Waals surface area (Å²) in [5.41, 5.74) is 1.44. The zero-order valence-corrected chi connectivity index (χ0v) is 23.2. The number of piperidine rings is 1. The molecule has 216 valence electrons. The van der Waals surface area contributed by atoms with Crippen LogP contribution in [0.3, 0.4) is 0 Å². The van der Waals surface area contributed by atoms with Crippen molar-refractivity contribution < 1.29 is 27.4 Å². The van der Waals surface area contributed by atoms with Gasteiger partial charge in [-0.2, -0.15) is 18.2 Å². The number of carbonyl (C=O) groups excluding carboxylic acids is 1. The van der Waals surface area contributed by atoms with Gasteiger partial charge in [-0.25, -0.2) is 14.3 Å². The molecule has 0 radical (unpaired) electrons. The van der Waals surface area contributed by atoms with Gasteiger partial charge in [0.1, 0.15) is 5.60 Å². The Morgan fingerprint density at radius 3 is 2.39 bits per heavy atom. The molecule has 4 heterocycles. The number of nitrogens with zero attached hydrogens (tertiary/aromatic N) is 5. The van der Waals surface area contributed by atoms with Crippen LogP contribution in [0.4, 0.5) is 29.6 Å². The number of methoxy groups -OCH3 is 1. The summed E-state index contributed by atoms with van der Waals surface area (Å²) < 4.78 is 52.4. The maximum absolute atomic E-state index is 13.4. The smallest absolute Gasteiger partial charge is 0.417 e. The third-order valence-electron chi connectivity index (χ3n) is 6.81. The summed E-state index contributed by atoms with van der Waals surface area (Å²) in [6.07, 6.45) is -0.736. The van der Waals surface area contributed by atoms with Crippen LogP contribution in [-0.4, -0.2) is 56.4 Å². The molecule has 5 rings (SSSR count). The van der Waals surface area contributed by atoms with Crippen LogP contribution in [0.25, 0.3) is 16.8 Å². The number of ether oxygens (including phenoxy) is 2. The predicted molar refractivity (Wildman–Crippen MR) is 147 cm³/mol. The Labute approximate surface area is 235 Å². The highest BCUT2D eigenvalue weighted by atomic mass is 19.4. The molecule has 41 heavy (non-hydrogen) atoms. The summed E-state index contributed by atoms with van der Waals surface area (Å²) in [6.45, 7) is 6.86.